The number of rotatable bonds is 4. The zero-order chi connectivity index (χ0) is 17.8. The lowest BCUT2D eigenvalue weighted by molar-refractivity contribution is 0.105. The normalized spacial score (nSPS) is 18.8. The first-order valence-corrected chi connectivity index (χ1v) is 9.34. The topological polar surface area (TPSA) is 85.2 Å². The van der Waals surface area contributed by atoms with Crippen molar-refractivity contribution in [2.24, 2.45) is 0 Å². The Balaban J connectivity index is 1.25. The van der Waals surface area contributed by atoms with Crippen molar-refractivity contribution >= 4 is 6.03 Å². The number of piperidine rings is 1. The van der Waals surface area contributed by atoms with Gasteiger partial charge in [0.25, 0.3) is 0 Å². The summed E-state index contributed by atoms with van der Waals surface area (Å²) in [5.74, 6) is 1.16. The van der Waals surface area contributed by atoms with Crippen molar-refractivity contribution < 1.29 is 9.53 Å². The number of nitrogens with zero attached hydrogens (tertiary/aromatic N) is 5. The first kappa shape index (κ1) is 16.8. The number of carbonyl (C=O) groups is 1. The number of hydrogen-bond acceptors (Lipinski definition) is 5. The lowest BCUT2D eigenvalue weighted by atomic mass is 10.1. The average Bonchev–Trinajstić information content (AvgIpc) is 3.37. The van der Waals surface area contributed by atoms with Crippen molar-refractivity contribution in [2.75, 3.05) is 13.1 Å². The van der Waals surface area contributed by atoms with Gasteiger partial charge in [-0.1, -0.05) is 12.8 Å². The standard InChI is InChI=1S/C18H24N6O2/c25-18(20-14-4-1-2-5-14)23-12-8-15(9-13-23)26-17-7-6-16(21-22-17)24-11-3-10-19-24/h3,6-7,10-11,14-15H,1-2,4-5,8-9,12-13H2,(H,20,25). The summed E-state index contributed by atoms with van der Waals surface area (Å²) in [7, 11) is 0. The average molecular weight is 356 g/mol. The molecule has 1 saturated carbocycles. The maximum atomic E-state index is 12.3. The van der Waals surface area contributed by atoms with Gasteiger partial charge in [-0.05, 0) is 25.0 Å². The Kier molecular flexibility index (Phi) is 4.99. The molecular weight excluding hydrogens is 332 g/mol. The van der Waals surface area contributed by atoms with Crippen LogP contribution in [0.2, 0.25) is 0 Å². The minimum absolute atomic E-state index is 0.0652. The third-order valence-corrected chi connectivity index (χ3v) is 5.06. The predicted octanol–water partition coefficient (Wildman–Crippen LogP) is 2.16. The number of aromatic nitrogens is 4. The number of carbonyl (C=O) groups excluding carboxylic acids is 1. The van der Waals surface area contributed by atoms with Gasteiger partial charge in [-0.15, -0.1) is 10.2 Å². The summed E-state index contributed by atoms with van der Waals surface area (Å²) in [5.41, 5.74) is 0. The van der Waals surface area contributed by atoms with E-state index >= 15 is 0 Å². The van der Waals surface area contributed by atoms with E-state index in [1.165, 1.54) is 12.8 Å². The van der Waals surface area contributed by atoms with Gasteiger partial charge in [0.05, 0.1) is 0 Å². The van der Waals surface area contributed by atoms with Gasteiger partial charge in [0, 0.05) is 50.4 Å². The zero-order valence-electron chi connectivity index (χ0n) is 14.8. The Bertz CT molecular complexity index is 704. The molecule has 0 bridgehead atoms. The Labute approximate surface area is 152 Å². The molecule has 1 saturated heterocycles. The number of nitrogens with one attached hydrogen (secondary N) is 1. The van der Waals surface area contributed by atoms with Crippen molar-refractivity contribution in [3.8, 4) is 11.7 Å². The summed E-state index contributed by atoms with van der Waals surface area (Å²) in [6.07, 6.45) is 9.86. The summed E-state index contributed by atoms with van der Waals surface area (Å²) < 4.78 is 7.58. The van der Waals surface area contributed by atoms with E-state index in [4.69, 9.17) is 4.74 Å². The van der Waals surface area contributed by atoms with E-state index in [1.807, 2.05) is 29.3 Å². The molecule has 0 unspecified atom stereocenters. The molecule has 0 radical (unpaired) electrons. The van der Waals surface area contributed by atoms with Gasteiger partial charge in [0.15, 0.2) is 5.82 Å². The SMILES string of the molecule is O=C(NC1CCCC1)N1CCC(Oc2ccc(-n3cccn3)nn2)CC1. The fourth-order valence-corrected chi connectivity index (χ4v) is 3.59. The second-order valence-electron chi connectivity index (χ2n) is 6.92. The van der Waals surface area contributed by atoms with E-state index < -0.39 is 0 Å². The van der Waals surface area contributed by atoms with Crippen molar-refractivity contribution in [3.63, 3.8) is 0 Å². The number of amides is 2. The molecule has 2 aromatic heterocycles. The monoisotopic (exact) mass is 356 g/mol. The fraction of sp³-hybridized carbons (Fsp3) is 0.556. The van der Waals surface area contributed by atoms with Crippen LogP contribution in [-0.4, -0.2) is 56.1 Å². The van der Waals surface area contributed by atoms with Crippen LogP contribution in [0, 0.1) is 0 Å². The summed E-state index contributed by atoms with van der Waals surface area (Å²) in [4.78, 5) is 14.2. The quantitative estimate of drug-likeness (QED) is 0.907. The number of hydrogen-bond donors (Lipinski definition) is 1. The highest BCUT2D eigenvalue weighted by atomic mass is 16.5. The van der Waals surface area contributed by atoms with Crippen LogP contribution in [0.3, 0.4) is 0 Å². The Morgan fingerprint density at radius 3 is 2.58 bits per heavy atom. The van der Waals surface area contributed by atoms with Crippen molar-refractivity contribution in [1.82, 2.24) is 30.2 Å². The van der Waals surface area contributed by atoms with E-state index in [0.29, 0.717) is 30.8 Å². The largest absolute Gasteiger partial charge is 0.473 e. The molecule has 26 heavy (non-hydrogen) atoms. The zero-order valence-corrected chi connectivity index (χ0v) is 14.8. The number of ether oxygens (including phenoxy) is 1. The Hall–Kier alpha value is -2.64. The Morgan fingerprint density at radius 2 is 1.92 bits per heavy atom. The first-order chi connectivity index (χ1) is 12.8. The van der Waals surface area contributed by atoms with E-state index in [-0.39, 0.29) is 12.1 Å². The molecule has 2 aliphatic rings. The highest BCUT2D eigenvalue weighted by Gasteiger charge is 2.26. The van der Waals surface area contributed by atoms with E-state index in [1.54, 1.807) is 10.9 Å². The van der Waals surface area contributed by atoms with Crippen LogP contribution in [0.1, 0.15) is 38.5 Å². The molecule has 2 aromatic rings. The van der Waals surface area contributed by atoms with Gasteiger partial charge in [-0.2, -0.15) is 5.10 Å². The summed E-state index contributed by atoms with van der Waals surface area (Å²) in [5, 5.41) is 15.5. The van der Waals surface area contributed by atoms with Gasteiger partial charge in [-0.25, -0.2) is 9.48 Å². The maximum Gasteiger partial charge on any atom is 0.317 e. The number of urea groups is 1. The third-order valence-electron chi connectivity index (χ3n) is 5.06. The molecule has 1 aliphatic heterocycles. The maximum absolute atomic E-state index is 12.3. The van der Waals surface area contributed by atoms with Crippen molar-refractivity contribution in [1.29, 1.82) is 0 Å². The molecule has 3 heterocycles. The van der Waals surface area contributed by atoms with Crippen molar-refractivity contribution in [2.45, 2.75) is 50.7 Å². The van der Waals surface area contributed by atoms with Crippen LogP contribution in [0.5, 0.6) is 5.88 Å². The second kappa shape index (κ2) is 7.72. The van der Waals surface area contributed by atoms with Crippen LogP contribution in [-0.2, 0) is 0 Å². The van der Waals surface area contributed by atoms with Crippen LogP contribution in [0.15, 0.2) is 30.6 Å². The fourth-order valence-electron chi connectivity index (χ4n) is 3.59. The van der Waals surface area contributed by atoms with E-state index in [9.17, 15) is 4.79 Å². The van der Waals surface area contributed by atoms with Gasteiger partial charge >= 0.3 is 6.03 Å². The molecule has 0 atom stereocenters. The first-order valence-electron chi connectivity index (χ1n) is 9.34. The summed E-state index contributed by atoms with van der Waals surface area (Å²) in [6, 6.07) is 5.91. The summed E-state index contributed by atoms with van der Waals surface area (Å²) >= 11 is 0. The second-order valence-corrected chi connectivity index (χ2v) is 6.92. The van der Waals surface area contributed by atoms with Crippen LogP contribution >= 0.6 is 0 Å². The lowest BCUT2D eigenvalue weighted by Gasteiger charge is -2.32. The van der Waals surface area contributed by atoms with Crippen LogP contribution in [0.25, 0.3) is 5.82 Å². The predicted molar refractivity (Wildman–Crippen MR) is 95.2 cm³/mol. The van der Waals surface area contributed by atoms with Gasteiger partial charge in [0.1, 0.15) is 6.10 Å². The molecule has 2 fully saturated rings. The summed E-state index contributed by atoms with van der Waals surface area (Å²) in [6.45, 7) is 1.42. The van der Waals surface area contributed by atoms with E-state index in [0.717, 1.165) is 25.7 Å². The van der Waals surface area contributed by atoms with Gasteiger partial charge in [0.2, 0.25) is 5.88 Å². The van der Waals surface area contributed by atoms with Crippen LogP contribution < -0.4 is 10.1 Å². The molecule has 8 heteroatoms. The molecule has 138 valence electrons. The molecule has 2 amide bonds. The molecule has 4 rings (SSSR count). The molecule has 1 N–H and O–H groups in total. The minimum atomic E-state index is 0.0652. The molecule has 8 nitrogen and oxygen atoms in total. The van der Waals surface area contributed by atoms with Crippen molar-refractivity contribution in [3.05, 3.63) is 30.6 Å². The molecule has 0 aromatic carbocycles. The minimum Gasteiger partial charge on any atom is -0.473 e. The number of likely N-dealkylation sites (tertiary alicyclic amines) is 1. The molecule has 1 aliphatic carbocycles. The van der Waals surface area contributed by atoms with Gasteiger partial charge < -0.3 is 15.0 Å². The Morgan fingerprint density at radius 1 is 1.12 bits per heavy atom. The smallest absolute Gasteiger partial charge is 0.317 e. The molecule has 0 spiro atoms. The highest BCUT2D eigenvalue weighted by molar-refractivity contribution is 5.74. The lowest BCUT2D eigenvalue weighted by Crippen LogP contribution is -2.48. The van der Waals surface area contributed by atoms with E-state index in [2.05, 4.69) is 20.6 Å². The molecular formula is C18H24N6O2. The van der Waals surface area contributed by atoms with Crippen LogP contribution in [0.4, 0.5) is 4.79 Å². The van der Waals surface area contributed by atoms with Gasteiger partial charge in [-0.3, -0.25) is 0 Å². The third kappa shape index (κ3) is 3.95. The highest BCUT2D eigenvalue weighted by Crippen LogP contribution is 2.20.